The van der Waals surface area contributed by atoms with Crippen molar-refractivity contribution in [3.05, 3.63) is 37.2 Å². The summed E-state index contributed by atoms with van der Waals surface area (Å²) in [7, 11) is 1.70. The molecule has 0 aromatic carbocycles. The molecule has 2 aromatic heterocycles. The number of nitriles is 1. The maximum absolute atomic E-state index is 12.4. The summed E-state index contributed by atoms with van der Waals surface area (Å²) in [5.41, 5.74) is 0.855. The standard InChI is InChI=1S/C17H20N6OS/c1-4-10-23-15(14-7-5-9-19-12-14)20-21-17(23)25-13(2)16(24)22(3)11-6-8-18/h4-5,7,9,12-13H,1,6,10-11H2,2-3H3/t13-/m0/s1. The van der Waals surface area contributed by atoms with Gasteiger partial charge in [-0.15, -0.1) is 16.8 Å². The van der Waals surface area contributed by atoms with E-state index in [1.54, 1.807) is 30.4 Å². The molecule has 0 N–H and O–H groups in total. The topological polar surface area (TPSA) is 87.7 Å². The molecule has 8 heteroatoms. The summed E-state index contributed by atoms with van der Waals surface area (Å²) in [5.74, 6) is 0.643. The van der Waals surface area contributed by atoms with Gasteiger partial charge in [0.1, 0.15) is 0 Å². The third-order valence-electron chi connectivity index (χ3n) is 3.51. The Bertz CT molecular complexity index is 767. The molecule has 0 aliphatic rings. The maximum atomic E-state index is 12.4. The number of hydrogen-bond acceptors (Lipinski definition) is 6. The van der Waals surface area contributed by atoms with Gasteiger partial charge in [0.05, 0.1) is 17.7 Å². The van der Waals surface area contributed by atoms with E-state index in [1.165, 1.54) is 11.8 Å². The van der Waals surface area contributed by atoms with Crippen molar-refractivity contribution in [2.24, 2.45) is 0 Å². The molecule has 0 saturated heterocycles. The summed E-state index contributed by atoms with van der Waals surface area (Å²) < 4.78 is 1.91. The third-order valence-corrected chi connectivity index (χ3v) is 4.58. The SMILES string of the molecule is C=CCn1c(S[C@@H](C)C(=O)N(C)CCC#N)nnc1-c1cccnc1. The van der Waals surface area contributed by atoms with Crippen LogP contribution in [0.4, 0.5) is 0 Å². The van der Waals surface area contributed by atoms with Crippen LogP contribution in [0.15, 0.2) is 42.3 Å². The molecule has 0 fully saturated rings. The smallest absolute Gasteiger partial charge is 0.235 e. The average Bonchev–Trinajstić information content (AvgIpc) is 3.02. The van der Waals surface area contributed by atoms with Crippen LogP contribution in [0.2, 0.25) is 0 Å². The fraction of sp³-hybridized carbons (Fsp3) is 0.353. The summed E-state index contributed by atoms with van der Waals surface area (Å²) >= 11 is 1.34. The molecule has 0 aliphatic heterocycles. The fourth-order valence-corrected chi connectivity index (χ4v) is 3.20. The van der Waals surface area contributed by atoms with E-state index in [2.05, 4.69) is 21.8 Å². The summed E-state index contributed by atoms with van der Waals surface area (Å²) in [5, 5.41) is 17.4. The summed E-state index contributed by atoms with van der Waals surface area (Å²) in [6.07, 6.45) is 5.50. The van der Waals surface area contributed by atoms with Crippen molar-refractivity contribution in [1.29, 1.82) is 5.26 Å². The van der Waals surface area contributed by atoms with Crippen molar-refractivity contribution in [2.45, 2.75) is 30.3 Å². The van der Waals surface area contributed by atoms with Gasteiger partial charge in [-0.2, -0.15) is 5.26 Å². The van der Waals surface area contributed by atoms with E-state index in [0.717, 1.165) is 5.56 Å². The van der Waals surface area contributed by atoms with Gasteiger partial charge in [0.25, 0.3) is 0 Å². The Kier molecular flexibility index (Phi) is 6.71. The third kappa shape index (κ3) is 4.67. The van der Waals surface area contributed by atoms with Crippen LogP contribution in [0.25, 0.3) is 11.4 Å². The van der Waals surface area contributed by atoms with Gasteiger partial charge in [-0.1, -0.05) is 17.8 Å². The summed E-state index contributed by atoms with van der Waals surface area (Å²) in [6, 6.07) is 5.80. The zero-order chi connectivity index (χ0) is 18.2. The molecule has 130 valence electrons. The molecule has 7 nitrogen and oxygen atoms in total. The first-order valence-electron chi connectivity index (χ1n) is 7.81. The van der Waals surface area contributed by atoms with Crippen LogP contribution in [0.5, 0.6) is 0 Å². The molecule has 25 heavy (non-hydrogen) atoms. The molecular formula is C17H20N6OS. The van der Waals surface area contributed by atoms with Gasteiger partial charge < -0.3 is 4.90 Å². The van der Waals surface area contributed by atoms with Crippen LogP contribution in [-0.2, 0) is 11.3 Å². The summed E-state index contributed by atoms with van der Waals surface area (Å²) in [4.78, 5) is 18.1. The Morgan fingerprint density at radius 2 is 2.36 bits per heavy atom. The molecule has 0 radical (unpaired) electrons. The Morgan fingerprint density at radius 3 is 3.00 bits per heavy atom. The fourth-order valence-electron chi connectivity index (χ4n) is 2.22. The van der Waals surface area contributed by atoms with Crippen molar-refractivity contribution >= 4 is 17.7 Å². The predicted octanol–water partition coefficient (Wildman–Crippen LogP) is 2.38. The first-order valence-corrected chi connectivity index (χ1v) is 8.69. The van der Waals surface area contributed by atoms with E-state index in [4.69, 9.17) is 5.26 Å². The van der Waals surface area contributed by atoms with Crippen molar-refractivity contribution in [1.82, 2.24) is 24.6 Å². The number of rotatable bonds is 8. The van der Waals surface area contributed by atoms with Gasteiger partial charge in [0.2, 0.25) is 5.91 Å². The molecule has 2 rings (SSSR count). The highest BCUT2D eigenvalue weighted by atomic mass is 32.2. The van der Waals surface area contributed by atoms with Crippen LogP contribution in [0, 0.1) is 11.3 Å². The van der Waals surface area contributed by atoms with Gasteiger partial charge in [0, 0.05) is 38.1 Å². The van der Waals surface area contributed by atoms with E-state index in [0.29, 0.717) is 30.5 Å². The Hall–Kier alpha value is -2.66. The van der Waals surface area contributed by atoms with Crippen molar-refractivity contribution < 1.29 is 4.79 Å². The number of carbonyl (C=O) groups is 1. The normalized spacial score (nSPS) is 11.6. The lowest BCUT2D eigenvalue weighted by Crippen LogP contribution is -2.34. The van der Waals surface area contributed by atoms with E-state index >= 15 is 0 Å². The number of pyridine rings is 1. The number of allylic oxidation sites excluding steroid dienone is 1. The molecule has 0 unspecified atom stereocenters. The Morgan fingerprint density at radius 1 is 1.56 bits per heavy atom. The second-order valence-corrected chi connectivity index (χ2v) is 6.68. The van der Waals surface area contributed by atoms with Crippen molar-refractivity contribution in [3.63, 3.8) is 0 Å². The van der Waals surface area contributed by atoms with Gasteiger partial charge in [-0.25, -0.2) is 0 Å². The monoisotopic (exact) mass is 356 g/mol. The lowest BCUT2D eigenvalue weighted by Gasteiger charge is -2.19. The van der Waals surface area contributed by atoms with E-state index < -0.39 is 0 Å². The van der Waals surface area contributed by atoms with Crippen LogP contribution in [0.3, 0.4) is 0 Å². The second kappa shape index (κ2) is 8.99. The van der Waals surface area contributed by atoms with E-state index in [-0.39, 0.29) is 11.2 Å². The quantitative estimate of drug-likeness (QED) is 0.533. The predicted molar refractivity (Wildman–Crippen MR) is 96.6 cm³/mol. The van der Waals surface area contributed by atoms with E-state index in [9.17, 15) is 4.79 Å². The average molecular weight is 356 g/mol. The van der Waals surface area contributed by atoms with Crippen LogP contribution >= 0.6 is 11.8 Å². The van der Waals surface area contributed by atoms with E-state index in [1.807, 2.05) is 29.7 Å². The van der Waals surface area contributed by atoms with Crippen molar-refractivity contribution in [2.75, 3.05) is 13.6 Å². The number of amides is 1. The molecule has 2 heterocycles. The molecule has 1 amide bonds. The molecule has 0 bridgehead atoms. The second-order valence-electron chi connectivity index (χ2n) is 5.38. The maximum Gasteiger partial charge on any atom is 0.235 e. The van der Waals surface area contributed by atoms with Crippen LogP contribution in [-0.4, -0.2) is 49.4 Å². The Labute approximate surface area is 151 Å². The minimum absolute atomic E-state index is 0.0451. The first-order chi connectivity index (χ1) is 12.1. The number of thioether (sulfide) groups is 1. The lowest BCUT2D eigenvalue weighted by atomic mass is 10.3. The van der Waals surface area contributed by atoms with Gasteiger partial charge in [0.15, 0.2) is 11.0 Å². The summed E-state index contributed by atoms with van der Waals surface area (Å²) in [6.45, 7) is 6.56. The van der Waals surface area contributed by atoms with Crippen molar-refractivity contribution in [3.8, 4) is 17.5 Å². The van der Waals surface area contributed by atoms with Crippen LogP contribution < -0.4 is 0 Å². The zero-order valence-electron chi connectivity index (χ0n) is 14.3. The van der Waals surface area contributed by atoms with Gasteiger partial charge in [-0.05, 0) is 19.1 Å². The lowest BCUT2D eigenvalue weighted by molar-refractivity contribution is -0.128. The largest absolute Gasteiger partial charge is 0.344 e. The number of nitrogens with zero attached hydrogens (tertiary/aromatic N) is 6. The minimum Gasteiger partial charge on any atom is -0.344 e. The molecule has 2 aromatic rings. The first kappa shape index (κ1) is 18.7. The molecule has 1 atom stereocenters. The van der Waals surface area contributed by atoms with Gasteiger partial charge in [-0.3, -0.25) is 14.3 Å². The zero-order valence-corrected chi connectivity index (χ0v) is 15.1. The Balaban J connectivity index is 2.19. The number of hydrogen-bond donors (Lipinski definition) is 0. The van der Waals surface area contributed by atoms with Crippen LogP contribution in [0.1, 0.15) is 13.3 Å². The highest BCUT2D eigenvalue weighted by molar-refractivity contribution is 8.00. The number of aromatic nitrogens is 4. The molecular weight excluding hydrogens is 336 g/mol. The van der Waals surface area contributed by atoms with Gasteiger partial charge >= 0.3 is 0 Å². The molecule has 0 aliphatic carbocycles. The molecule has 0 spiro atoms. The minimum atomic E-state index is -0.335. The highest BCUT2D eigenvalue weighted by Gasteiger charge is 2.22. The molecule has 0 saturated carbocycles. The number of carbonyl (C=O) groups excluding carboxylic acids is 1. The highest BCUT2D eigenvalue weighted by Crippen LogP contribution is 2.27.